The number of hydrogen-bond donors (Lipinski definition) is 2. The average molecular weight is 232 g/mol. The van der Waals surface area contributed by atoms with Crippen molar-refractivity contribution in [2.45, 2.75) is 19.1 Å². The Bertz CT molecular complexity index is 413. The second-order valence-corrected chi connectivity index (χ2v) is 4.04. The summed E-state index contributed by atoms with van der Waals surface area (Å²) in [4.78, 5) is 0. The maximum atomic E-state index is 10.6. The summed E-state index contributed by atoms with van der Waals surface area (Å²) in [6, 6.07) is 7.99. The van der Waals surface area contributed by atoms with Gasteiger partial charge < -0.3 is 5.11 Å². The van der Waals surface area contributed by atoms with Crippen LogP contribution in [0.3, 0.4) is 0 Å². The SMILES string of the molecule is CCC(O)(OS(=O)(=O)O)c1ccccc1. The van der Waals surface area contributed by atoms with E-state index in [-0.39, 0.29) is 12.0 Å². The Kier molecular flexibility index (Phi) is 3.46. The van der Waals surface area contributed by atoms with Crippen LogP contribution in [0.1, 0.15) is 18.9 Å². The van der Waals surface area contributed by atoms with Crippen LogP contribution in [0, 0.1) is 0 Å². The lowest BCUT2D eigenvalue weighted by molar-refractivity contribution is -0.148. The molecule has 0 fully saturated rings. The molecule has 0 aliphatic rings. The van der Waals surface area contributed by atoms with Crippen molar-refractivity contribution in [1.29, 1.82) is 0 Å². The molecule has 0 spiro atoms. The van der Waals surface area contributed by atoms with Crippen LogP contribution >= 0.6 is 0 Å². The van der Waals surface area contributed by atoms with Crippen LogP contribution in [0.5, 0.6) is 0 Å². The van der Waals surface area contributed by atoms with E-state index in [4.69, 9.17) is 4.55 Å². The zero-order valence-electron chi connectivity index (χ0n) is 8.12. The molecule has 0 aliphatic heterocycles. The van der Waals surface area contributed by atoms with Crippen molar-refractivity contribution in [1.82, 2.24) is 0 Å². The van der Waals surface area contributed by atoms with Gasteiger partial charge in [-0.25, -0.2) is 4.18 Å². The smallest absolute Gasteiger partial charge is 0.361 e. The topological polar surface area (TPSA) is 83.8 Å². The van der Waals surface area contributed by atoms with Gasteiger partial charge in [-0.1, -0.05) is 37.3 Å². The molecule has 1 unspecified atom stereocenters. The Hall–Kier alpha value is -0.950. The minimum Gasteiger partial charge on any atom is -0.361 e. The molecule has 84 valence electrons. The van der Waals surface area contributed by atoms with E-state index in [0.29, 0.717) is 0 Å². The van der Waals surface area contributed by atoms with Crippen LogP contribution in [-0.4, -0.2) is 18.1 Å². The van der Waals surface area contributed by atoms with Gasteiger partial charge in [-0.05, 0) is 0 Å². The number of benzene rings is 1. The lowest BCUT2D eigenvalue weighted by Crippen LogP contribution is -2.31. The predicted octanol–water partition coefficient (Wildman–Crippen LogP) is 1.06. The molecule has 0 radical (unpaired) electrons. The Labute approximate surface area is 88.3 Å². The summed E-state index contributed by atoms with van der Waals surface area (Å²) in [7, 11) is -4.69. The molecule has 1 aromatic carbocycles. The first-order valence-corrected chi connectivity index (χ1v) is 5.70. The predicted molar refractivity (Wildman–Crippen MR) is 53.3 cm³/mol. The van der Waals surface area contributed by atoms with Crippen LogP contribution in [0.4, 0.5) is 0 Å². The van der Waals surface area contributed by atoms with E-state index in [1.807, 2.05) is 0 Å². The highest BCUT2D eigenvalue weighted by molar-refractivity contribution is 7.80. The quantitative estimate of drug-likeness (QED) is 0.599. The molecule has 0 aliphatic carbocycles. The average Bonchev–Trinajstić information content (AvgIpc) is 2.16. The minimum absolute atomic E-state index is 0.00317. The number of rotatable bonds is 4. The van der Waals surface area contributed by atoms with Gasteiger partial charge in [0.15, 0.2) is 0 Å². The molecule has 0 saturated heterocycles. The molecule has 5 nitrogen and oxygen atoms in total. The second-order valence-electron chi connectivity index (χ2n) is 3.02. The molecule has 0 heterocycles. The maximum absolute atomic E-state index is 10.6. The molecule has 0 aromatic heterocycles. The molecule has 2 N–H and O–H groups in total. The lowest BCUT2D eigenvalue weighted by atomic mass is 10.0. The zero-order valence-corrected chi connectivity index (χ0v) is 8.94. The van der Waals surface area contributed by atoms with Gasteiger partial charge in [0.1, 0.15) is 0 Å². The third-order valence-corrected chi connectivity index (χ3v) is 2.43. The molecule has 1 aromatic rings. The van der Waals surface area contributed by atoms with Gasteiger partial charge in [0.2, 0.25) is 5.79 Å². The molecule has 1 atom stereocenters. The van der Waals surface area contributed by atoms with Crippen LogP contribution in [0.2, 0.25) is 0 Å². The van der Waals surface area contributed by atoms with Gasteiger partial charge in [0.25, 0.3) is 0 Å². The largest absolute Gasteiger partial charge is 0.400 e. The highest BCUT2D eigenvalue weighted by Crippen LogP contribution is 2.27. The summed E-state index contributed by atoms with van der Waals surface area (Å²) < 4.78 is 33.9. The molecule has 0 amide bonds. The van der Waals surface area contributed by atoms with Crippen LogP contribution in [0.15, 0.2) is 30.3 Å². The van der Waals surface area contributed by atoms with Gasteiger partial charge in [-0.2, -0.15) is 8.42 Å². The van der Waals surface area contributed by atoms with Crippen molar-refractivity contribution < 1.29 is 22.3 Å². The molecule has 15 heavy (non-hydrogen) atoms. The Morgan fingerprint density at radius 3 is 2.27 bits per heavy atom. The van der Waals surface area contributed by atoms with E-state index >= 15 is 0 Å². The van der Waals surface area contributed by atoms with E-state index in [1.165, 1.54) is 19.1 Å². The van der Waals surface area contributed by atoms with Gasteiger partial charge in [-0.15, -0.1) is 0 Å². The normalized spacial score (nSPS) is 15.9. The minimum atomic E-state index is -4.69. The van der Waals surface area contributed by atoms with Gasteiger partial charge in [0, 0.05) is 12.0 Å². The molecule has 1 rings (SSSR count). The Balaban J connectivity index is 3.06. The van der Waals surface area contributed by atoms with E-state index in [1.54, 1.807) is 18.2 Å². The van der Waals surface area contributed by atoms with Crippen LogP contribution < -0.4 is 0 Å². The van der Waals surface area contributed by atoms with Crippen molar-refractivity contribution >= 4 is 10.4 Å². The van der Waals surface area contributed by atoms with E-state index < -0.39 is 16.2 Å². The zero-order chi connectivity index (χ0) is 11.5. The summed E-state index contributed by atoms with van der Waals surface area (Å²) in [6.45, 7) is 1.54. The van der Waals surface area contributed by atoms with E-state index in [2.05, 4.69) is 4.18 Å². The van der Waals surface area contributed by atoms with Crippen molar-refractivity contribution in [3.63, 3.8) is 0 Å². The molecular weight excluding hydrogens is 220 g/mol. The first kappa shape index (κ1) is 12.1. The highest BCUT2D eigenvalue weighted by atomic mass is 32.3. The fourth-order valence-electron chi connectivity index (χ4n) is 1.18. The Morgan fingerprint density at radius 1 is 1.33 bits per heavy atom. The first-order valence-electron chi connectivity index (χ1n) is 4.33. The number of hydrogen-bond acceptors (Lipinski definition) is 4. The molecular formula is C9H12O5S. The van der Waals surface area contributed by atoms with Crippen LogP contribution in [-0.2, 0) is 20.4 Å². The summed E-state index contributed by atoms with van der Waals surface area (Å²) in [5, 5.41) is 9.87. The third-order valence-electron chi connectivity index (χ3n) is 1.95. The maximum Gasteiger partial charge on any atom is 0.400 e. The summed E-state index contributed by atoms with van der Waals surface area (Å²) in [5.74, 6) is -2.02. The van der Waals surface area contributed by atoms with E-state index in [9.17, 15) is 13.5 Å². The summed E-state index contributed by atoms with van der Waals surface area (Å²) in [5.41, 5.74) is 0.269. The first-order chi connectivity index (χ1) is 6.87. The monoisotopic (exact) mass is 232 g/mol. The third kappa shape index (κ3) is 3.28. The molecule has 6 heteroatoms. The number of aliphatic hydroxyl groups is 1. The molecule has 0 saturated carbocycles. The van der Waals surface area contributed by atoms with Gasteiger partial charge >= 0.3 is 10.4 Å². The van der Waals surface area contributed by atoms with Gasteiger partial charge in [-0.3, -0.25) is 4.55 Å². The highest BCUT2D eigenvalue weighted by Gasteiger charge is 2.33. The second kappa shape index (κ2) is 4.28. The fraction of sp³-hybridized carbons (Fsp3) is 0.333. The van der Waals surface area contributed by atoms with Crippen LogP contribution in [0.25, 0.3) is 0 Å². The summed E-state index contributed by atoms with van der Waals surface area (Å²) >= 11 is 0. The van der Waals surface area contributed by atoms with Crippen molar-refractivity contribution in [3.8, 4) is 0 Å². The van der Waals surface area contributed by atoms with E-state index in [0.717, 1.165) is 0 Å². The summed E-state index contributed by atoms with van der Waals surface area (Å²) in [6.07, 6.45) is -0.00317. The van der Waals surface area contributed by atoms with Crippen molar-refractivity contribution in [3.05, 3.63) is 35.9 Å². The lowest BCUT2D eigenvalue weighted by Gasteiger charge is -2.24. The Morgan fingerprint density at radius 2 is 1.87 bits per heavy atom. The standard InChI is InChI=1S/C9H12O5S/c1-2-9(10,14-15(11,12)13)8-6-4-3-5-7-8/h3-7,10H,2H2,1H3,(H,11,12,13). The van der Waals surface area contributed by atoms with Gasteiger partial charge in [0.05, 0.1) is 0 Å². The van der Waals surface area contributed by atoms with Crippen molar-refractivity contribution in [2.24, 2.45) is 0 Å². The molecule has 0 bridgehead atoms. The van der Waals surface area contributed by atoms with Crippen molar-refractivity contribution in [2.75, 3.05) is 0 Å². The fourth-order valence-corrected chi connectivity index (χ4v) is 1.75.